The lowest BCUT2D eigenvalue weighted by Crippen LogP contribution is -2.36. The van der Waals surface area contributed by atoms with Crippen LogP contribution in [0.1, 0.15) is 24.8 Å². The van der Waals surface area contributed by atoms with E-state index in [-0.39, 0.29) is 11.8 Å². The summed E-state index contributed by atoms with van der Waals surface area (Å²) in [5.74, 6) is 0.399. The van der Waals surface area contributed by atoms with Gasteiger partial charge in [-0.25, -0.2) is 8.42 Å². The van der Waals surface area contributed by atoms with Gasteiger partial charge < -0.3 is 4.90 Å². The maximum Gasteiger partial charge on any atom is 0.271 e. The quantitative estimate of drug-likeness (QED) is 0.908. The molecule has 1 aromatic carbocycles. The molecule has 1 aromatic heterocycles. The minimum Gasteiger partial charge on any atom is -0.312 e. The van der Waals surface area contributed by atoms with Crippen molar-refractivity contribution in [2.45, 2.75) is 29.9 Å². The number of aryl methyl sites for hydroxylation is 1. The number of thiophene rings is 1. The normalized spacial score (nSPS) is 17.4. The van der Waals surface area contributed by atoms with Gasteiger partial charge in [-0.15, -0.1) is 11.3 Å². The summed E-state index contributed by atoms with van der Waals surface area (Å²) in [6.45, 7) is 0.753. The highest BCUT2D eigenvalue weighted by Gasteiger charge is 2.35. The Hall–Kier alpha value is -1.86. The van der Waals surface area contributed by atoms with Gasteiger partial charge in [0, 0.05) is 23.8 Å². The molecule has 1 N–H and O–H groups in total. The minimum absolute atomic E-state index is 0.188. The van der Waals surface area contributed by atoms with Crippen LogP contribution in [0.2, 0.25) is 0 Å². The zero-order valence-corrected chi connectivity index (χ0v) is 14.7. The summed E-state index contributed by atoms with van der Waals surface area (Å²) in [5.41, 5.74) is 2.50. The molecular weight excluding hydrogens is 344 g/mol. The van der Waals surface area contributed by atoms with E-state index in [1.165, 1.54) is 11.3 Å². The molecule has 1 amide bonds. The number of benzene rings is 1. The standard InChI is InChI=1S/C17H18N2O3S2/c20-17(12-5-6-12)19-9-1-3-13-11-14(7-8-15(13)19)18-24(21,22)16-4-2-10-23-16/h2,4,7-8,10-12,18H,1,3,5-6,9H2. The Kier molecular flexibility index (Phi) is 3.85. The van der Waals surface area contributed by atoms with Crippen LogP contribution >= 0.6 is 11.3 Å². The van der Waals surface area contributed by atoms with Crippen LogP contribution in [0.3, 0.4) is 0 Å². The predicted molar refractivity (Wildman–Crippen MR) is 95.0 cm³/mol. The van der Waals surface area contributed by atoms with Gasteiger partial charge in [0.15, 0.2) is 0 Å². The summed E-state index contributed by atoms with van der Waals surface area (Å²) in [5, 5.41) is 1.74. The summed E-state index contributed by atoms with van der Waals surface area (Å²) < 4.78 is 27.6. The van der Waals surface area contributed by atoms with Crippen LogP contribution in [0.5, 0.6) is 0 Å². The molecule has 1 aliphatic carbocycles. The lowest BCUT2D eigenvalue weighted by molar-refractivity contribution is -0.119. The lowest BCUT2D eigenvalue weighted by Gasteiger charge is -2.30. The van der Waals surface area contributed by atoms with Gasteiger partial charge in [0.1, 0.15) is 4.21 Å². The van der Waals surface area contributed by atoms with Gasteiger partial charge in [0.25, 0.3) is 10.0 Å². The molecule has 1 fully saturated rings. The van der Waals surface area contributed by atoms with Crippen molar-refractivity contribution in [2.75, 3.05) is 16.2 Å². The Morgan fingerprint density at radius 2 is 2.08 bits per heavy atom. The fourth-order valence-electron chi connectivity index (χ4n) is 3.06. The number of anilines is 2. The van der Waals surface area contributed by atoms with Crippen molar-refractivity contribution in [1.29, 1.82) is 0 Å². The Balaban J connectivity index is 1.60. The Bertz CT molecular complexity index is 871. The number of sulfonamides is 1. The number of carbonyl (C=O) groups is 1. The first-order chi connectivity index (χ1) is 11.5. The topological polar surface area (TPSA) is 66.5 Å². The molecule has 0 radical (unpaired) electrons. The highest BCUT2D eigenvalue weighted by atomic mass is 32.2. The van der Waals surface area contributed by atoms with E-state index in [1.54, 1.807) is 23.6 Å². The van der Waals surface area contributed by atoms with Gasteiger partial charge in [0.05, 0.1) is 0 Å². The van der Waals surface area contributed by atoms with E-state index in [9.17, 15) is 13.2 Å². The molecule has 2 heterocycles. The van der Waals surface area contributed by atoms with E-state index in [0.717, 1.165) is 43.5 Å². The molecule has 0 saturated heterocycles. The summed E-state index contributed by atoms with van der Waals surface area (Å²) in [6.07, 6.45) is 3.75. The third-order valence-corrected chi connectivity index (χ3v) is 7.18. The number of hydrogen-bond donors (Lipinski definition) is 1. The summed E-state index contributed by atoms with van der Waals surface area (Å²) >= 11 is 1.19. The smallest absolute Gasteiger partial charge is 0.271 e. The van der Waals surface area contributed by atoms with Crippen LogP contribution in [0, 0.1) is 5.92 Å². The molecule has 0 atom stereocenters. The fraction of sp³-hybridized carbons (Fsp3) is 0.353. The first kappa shape index (κ1) is 15.7. The Labute approximate surface area is 145 Å². The van der Waals surface area contributed by atoms with E-state index in [0.29, 0.717) is 9.90 Å². The minimum atomic E-state index is -3.54. The van der Waals surface area contributed by atoms with Crippen LogP contribution in [-0.4, -0.2) is 20.9 Å². The van der Waals surface area contributed by atoms with E-state index in [4.69, 9.17) is 0 Å². The summed E-state index contributed by atoms with van der Waals surface area (Å²) in [7, 11) is -3.54. The van der Waals surface area contributed by atoms with Gasteiger partial charge in [0.2, 0.25) is 5.91 Å². The molecule has 0 spiro atoms. The molecule has 5 nitrogen and oxygen atoms in total. The molecule has 4 rings (SSSR count). The molecular formula is C17H18N2O3S2. The zero-order chi connectivity index (χ0) is 16.7. The van der Waals surface area contributed by atoms with Crippen molar-refractivity contribution in [3.05, 3.63) is 41.3 Å². The average Bonchev–Trinajstić information content (AvgIpc) is 3.26. The Morgan fingerprint density at radius 1 is 1.25 bits per heavy atom. The maximum atomic E-state index is 12.4. The predicted octanol–water partition coefficient (Wildman–Crippen LogP) is 3.24. The van der Waals surface area contributed by atoms with E-state index in [1.807, 2.05) is 17.0 Å². The first-order valence-electron chi connectivity index (χ1n) is 8.05. The molecule has 2 aliphatic rings. The van der Waals surface area contributed by atoms with E-state index >= 15 is 0 Å². The number of fused-ring (bicyclic) bond motifs is 1. The fourth-order valence-corrected chi connectivity index (χ4v) is 5.10. The largest absolute Gasteiger partial charge is 0.312 e. The van der Waals surface area contributed by atoms with Crippen molar-refractivity contribution in [2.24, 2.45) is 5.92 Å². The third kappa shape index (κ3) is 2.93. The monoisotopic (exact) mass is 362 g/mol. The van der Waals surface area contributed by atoms with Gasteiger partial charge in [-0.1, -0.05) is 6.07 Å². The highest BCUT2D eigenvalue weighted by Crippen LogP contribution is 2.37. The number of rotatable bonds is 4. The molecule has 2 aromatic rings. The number of nitrogens with one attached hydrogen (secondary N) is 1. The van der Waals surface area contributed by atoms with Gasteiger partial charge in [-0.2, -0.15) is 0 Å². The molecule has 1 saturated carbocycles. The number of amides is 1. The van der Waals surface area contributed by atoms with Crippen molar-refractivity contribution in [3.8, 4) is 0 Å². The maximum absolute atomic E-state index is 12.4. The van der Waals surface area contributed by atoms with Crippen LogP contribution in [0.15, 0.2) is 39.9 Å². The second-order valence-electron chi connectivity index (χ2n) is 6.25. The lowest BCUT2D eigenvalue weighted by atomic mass is 10.0. The van der Waals surface area contributed by atoms with Crippen molar-refractivity contribution in [1.82, 2.24) is 0 Å². The third-order valence-electron chi connectivity index (χ3n) is 4.40. The van der Waals surface area contributed by atoms with Gasteiger partial charge in [-0.05, 0) is 60.9 Å². The van der Waals surface area contributed by atoms with Crippen LogP contribution in [-0.2, 0) is 21.2 Å². The number of carbonyl (C=O) groups excluding carboxylic acids is 1. The second kappa shape index (κ2) is 5.89. The van der Waals surface area contributed by atoms with Crippen LogP contribution < -0.4 is 9.62 Å². The molecule has 24 heavy (non-hydrogen) atoms. The number of hydrogen-bond acceptors (Lipinski definition) is 4. The zero-order valence-electron chi connectivity index (χ0n) is 13.1. The second-order valence-corrected chi connectivity index (χ2v) is 9.11. The molecule has 0 bridgehead atoms. The first-order valence-corrected chi connectivity index (χ1v) is 10.4. The van der Waals surface area contributed by atoms with Gasteiger partial charge in [-0.3, -0.25) is 9.52 Å². The Morgan fingerprint density at radius 3 is 2.79 bits per heavy atom. The summed E-state index contributed by atoms with van der Waals surface area (Å²) in [4.78, 5) is 14.3. The van der Waals surface area contributed by atoms with E-state index in [2.05, 4.69) is 4.72 Å². The molecule has 7 heteroatoms. The molecule has 1 aliphatic heterocycles. The molecule has 0 unspecified atom stereocenters. The van der Waals surface area contributed by atoms with Crippen molar-refractivity contribution in [3.63, 3.8) is 0 Å². The summed E-state index contributed by atoms with van der Waals surface area (Å²) in [6, 6.07) is 8.76. The SMILES string of the molecule is O=C(C1CC1)N1CCCc2cc(NS(=O)(=O)c3cccs3)ccc21. The van der Waals surface area contributed by atoms with E-state index < -0.39 is 10.0 Å². The van der Waals surface area contributed by atoms with Crippen LogP contribution in [0.4, 0.5) is 11.4 Å². The molecule has 126 valence electrons. The highest BCUT2D eigenvalue weighted by molar-refractivity contribution is 7.94. The van der Waals surface area contributed by atoms with Gasteiger partial charge >= 0.3 is 0 Å². The van der Waals surface area contributed by atoms with Crippen molar-refractivity contribution >= 4 is 38.6 Å². The van der Waals surface area contributed by atoms with Crippen LogP contribution in [0.25, 0.3) is 0 Å². The average molecular weight is 362 g/mol. The van der Waals surface area contributed by atoms with Crippen molar-refractivity contribution < 1.29 is 13.2 Å². The number of nitrogens with zero attached hydrogens (tertiary/aromatic N) is 1.